The second-order valence-corrected chi connectivity index (χ2v) is 7.80. The van der Waals surface area contributed by atoms with Gasteiger partial charge in [0.2, 0.25) is 0 Å². The van der Waals surface area contributed by atoms with Crippen LogP contribution < -0.4 is 5.73 Å². The molecule has 3 aromatic heterocycles. The van der Waals surface area contributed by atoms with E-state index in [4.69, 9.17) is 15.6 Å². The van der Waals surface area contributed by atoms with Gasteiger partial charge in [0.15, 0.2) is 0 Å². The Bertz CT molecular complexity index is 1210. The van der Waals surface area contributed by atoms with Crippen LogP contribution in [-0.4, -0.2) is 50.7 Å². The molecule has 0 saturated carbocycles. The van der Waals surface area contributed by atoms with E-state index in [0.29, 0.717) is 18.7 Å². The standard InChI is InChI=1S/C24H28N6O2/c1-17(15-25)20-22-23(21-19(28-20)11-8-12-26-21)29(16-27-22)13-6-7-14-30(32-2)24(31)18-9-4-3-5-10-18/h3-5,8-12,16-17H,6-7,13-15,25H2,1-2H3. The lowest BCUT2D eigenvalue weighted by Gasteiger charge is -2.19. The quantitative estimate of drug-likeness (QED) is 0.321. The van der Waals surface area contributed by atoms with Gasteiger partial charge in [0.05, 0.1) is 30.2 Å². The van der Waals surface area contributed by atoms with E-state index >= 15 is 0 Å². The van der Waals surface area contributed by atoms with Crippen LogP contribution in [0.2, 0.25) is 0 Å². The van der Waals surface area contributed by atoms with E-state index in [-0.39, 0.29) is 11.8 Å². The van der Waals surface area contributed by atoms with E-state index < -0.39 is 0 Å². The summed E-state index contributed by atoms with van der Waals surface area (Å²) >= 11 is 0. The first-order valence-electron chi connectivity index (χ1n) is 10.8. The molecule has 0 fully saturated rings. The summed E-state index contributed by atoms with van der Waals surface area (Å²) in [7, 11) is 1.52. The van der Waals surface area contributed by atoms with Gasteiger partial charge in [-0.1, -0.05) is 25.1 Å². The molecule has 0 bridgehead atoms. The fourth-order valence-corrected chi connectivity index (χ4v) is 3.83. The third-order valence-electron chi connectivity index (χ3n) is 5.63. The number of nitrogens with two attached hydrogens (primary N) is 1. The number of carbonyl (C=O) groups excluding carboxylic acids is 1. The maximum absolute atomic E-state index is 12.6. The third kappa shape index (κ3) is 4.32. The van der Waals surface area contributed by atoms with E-state index in [0.717, 1.165) is 47.1 Å². The molecule has 0 aliphatic heterocycles. The molecule has 1 atom stereocenters. The van der Waals surface area contributed by atoms with E-state index in [1.165, 1.54) is 12.2 Å². The summed E-state index contributed by atoms with van der Waals surface area (Å²) in [4.78, 5) is 31.9. The summed E-state index contributed by atoms with van der Waals surface area (Å²) in [6, 6.07) is 13.0. The first-order chi connectivity index (χ1) is 15.6. The predicted molar refractivity (Wildman–Crippen MR) is 124 cm³/mol. The number of hydrogen-bond acceptors (Lipinski definition) is 6. The number of aryl methyl sites for hydroxylation is 1. The van der Waals surface area contributed by atoms with Gasteiger partial charge in [-0.3, -0.25) is 14.6 Å². The molecule has 32 heavy (non-hydrogen) atoms. The van der Waals surface area contributed by atoms with Crippen molar-refractivity contribution in [3.8, 4) is 0 Å². The van der Waals surface area contributed by atoms with Gasteiger partial charge in [-0.25, -0.2) is 15.0 Å². The summed E-state index contributed by atoms with van der Waals surface area (Å²) in [5.41, 5.74) is 11.0. The van der Waals surface area contributed by atoms with Crippen LogP contribution in [0.5, 0.6) is 0 Å². The molecule has 1 aromatic carbocycles. The Morgan fingerprint density at radius 1 is 1.12 bits per heavy atom. The van der Waals surface area contributed by atoms with Crippen molar-refractivity contribution in [3.63, 3.8) is 0 Å². The van der Waals surface area contributed by atoms with Crippen molar-refractivity contribution < 1.29 is 9.63 Å². The Morgan fingerprint density at radius 2 is 1.94 bits per heavy atom. The molecule has 0 saturated heterocycles. The third-order valence-corrected chi connectivity index (χ3v) is 5.63. The number of aromatic nitrogens is 4. The number of fused-ring (bicyclic) bond motifs is 3. The number of benzene rings is 1. The van der Waals surface area contributed by atoms with Crippen molar-refractivity contribution in [1.82, 2.24) is 24.6 Å². The molecular formula is C24H28N6O2. The van der Waals surface area contributed by atoms with Crippen molar-refractivity contribution in [2.24, 2.45) is 5.73 Å². The van der Waals surface area contributed by atoms with Crippen molar-refractivity contribution in [2.75, 3.05) is 20.2 Å². The average molecular weight is 433 g/mol. The number of unbranched alkanes of at least 4 members (excludes halogenated alkanes) is 1. The normalized spacial score (nSPS) is 12.3. The Morgan fingerprint density at radius 3 is 2.69 bits per heavy atom. The van der Waals surface area contributed by atoms with Gasteiger partial charge in [-0.15, -0.1) is 0 Å². The summed E-state index contributed by atoms with van der Waals surface area (Å²) in [6.45, 7) is 3.82. The smallest absolute Gasteiger partial charge is 0.277 e. The molecule has 166 valence electrons. The van der Waals surface area contributed by atoms with Crippen LogP contribution in [0, 0.1) is 0 Å². The minimum absolute atomic E-state index is 0.102. The van der Waals surface area contributed by atoms with Crippen LogP contribution in [0.1, 0.15) is 41.7 Å². The minimum atomic E-state index is -0.136. The van der Waals surface area contributed by atoms with E-state index in [1.807, 2.05) is 36.7 Å². The number of nitrogens with zero attached hydrogens (tertiary/aromatic N) is 5. The SMILES string of the molecule is CON(CCCCn1cnc2c(C(C)CN)nc3cccnc3c21)C(=O)c1ccccc1. The van der Waals surface area contributed by atoms with Crippen molar-refractivity contribution in [1.29, 1.82) is 0 Å². The first kappa shape index (κ1) is 21.9. The lowest BCUT2D eigenvalue weighted by Crippen LogP contribution is -2.31. The van der Waals surface area contributed by atoms with E-state index in [1.54, 1.807) is 18.3 Å². The maximum Gasteiger partial charge on any atom is 0.277 e. The summed E-state index contributed by atoms with van der Waals surface area (Å²) < 4.78 is 2.12. The minimum Gasteiger partial charge on any atom is -0.330 e. The molecule has 0 aliphatic carbocycles. The zero-order valence-corrected chi connectivity index (χ0v) is 18.4. The van der Waals surface area contributed by atoms with Crippen molar-refractivity contribution >= 4 is 28.0 Å². The molecule has 1 amide bonds. The lowest BCUT2D eigenvalue weighted by molar-refractivity contribution is -0.0957. The summed E-state index contributed by atoms with van der Waals surface area (Å²) in [5.74, 6) is -0.0346. The van der Waals surface area contributed by atoms with Crippen LogP contribution in [0.15, 0.2) is 55.0 Å². The summed E-state index contributed by atoms with van der Waals surface area (Å²) in [5, 5.41) is 1.41. The van der Waals surface area contributed by atoms with Gasteiger partial charge < -0.3 is 10.3 Å². The molecule has 0 radical (unpaired) electrons. The molecule has 1 unspecified atom stereocenters. The molecule has 0 aliphatic rings. The average Bonchev–Trinajstić information content (AvgIpc) is 3.27. The van der Waals surface area contributed by atoms with E-state index in [9.17, 15) is 4.79 Å². The number of carbonyl (C=O) groups is 1. The van der Waals surface area contributed by atoms with Gasteiger partial charge in [0, 0.05) is 37.3 Å². The second-order valence-electron chi connectivity index (χ2n) is 7.80. The molecule has 0 spiro atoms. The topological polar surface area (TPSA) is 99.2 Å². The van der Waals surface area contributed by atoms with Gasteiger partial charge in [0.25, 0.3) is 5.91 Å². The highest BCUT2D eigenvalue weighted by Gasteiger charge is 2.19. The fraction of sp³-hybridized carbons (Fsp3) is 0.333. The van der Waals surface area contributed by atoms with Gasteiger partial charge in [-0.05, 0) is 37.1 Å². The van der Waals surface area contributed by atoms with Gasteiger partial charge in [-0.2, -0.15) is 0 Å². The monoisotopic (exact) mass is 432 g/mol. The molecule has 8 heteroatoms. The second kappa shape index (κ2) is 9.84. The molecule has 4 rings (SSSR count). The Labute approximate surface area is 187 Å². The van der Waals surface area contributed by atoms with Crippen molar-refractivity contribution in [3.05, 3.63) is 66.2 Å². The highest BCUT2D eigenvalue weighted by molar-refractivity contribution is 6.00. The van der Waals surface area contributed by atoms with Gasteiger partial charge >= 0.3 is 0 Å². The molecule has 2 N–H and O–H groups in total. The number of hydroxylamine groups is 2. The van der Waals surface area contributed by atoms with Crippen molar-refractivity contribution in [2.45, 2.75) is 32.2 Å². The number of pyridine rings is 2. The fourth-order valence-electron chi connectivity index (χ4n) is 3.83. The van der Waals surface area contributed by atoms with E-state index in [2.05, 4.69) is 21.5 Å². The maximum atomic E-state index is 12.6. The highest BCUT2D eigenvalue weighted by atomic mass is 16.7. The lowest BCUT2D eigenvalue weighted by atomic mass is 10.1. The number of rotatable bonds is 9. The Balaban J connectivity index is 1.50. The molecular weight excluding hydrogens is 404 g/mol. The Kier molecular flexibility index (Phi) is 6.72. The highest BCUT2D eigenvalue weighted by Crippen LogP contribution is 2.28. The number of amides is 1. The molecule has 4 aromatic rings. The Hall–Kier alpha value is -3.36. The predicted octanol–water partition coefficient (Wildman–Crippen LogP) is 3.53. The van der Waals surface area contributed by atoms with Crippen LogP contribution in [0.4, 0.5) is 0 Å². The van der Waals surface area contributed by atoms with Crippen LogP contribution >= 0.6 is 0 Å². The molecule has 8 nitrogen and oxygen atoms in total. The molecule has 3 heterocycles. The van der Waals surface area contributed by atoms with Crippen LogP contribution in [0.25, 0.3) is 22.1 Å². The van der Waals surface area contributed by atoms with Crippen LogP contribution in [-0.2, 0) is 11.4 Å². The zero-order chi connectivity index (χ0) is 22.5. The summed E-state index contributed by atoms with van der Waals surface area (Å²) in [6.07, 6.45) is 5.26. The van der Waals surface area contributed by atoms with Gasteiger partial charge in [0.1, 0.15) is 11.0 Å². The zero-order valence-electron chi connectivity index (χ0n) is 18.4. The van der Waals surface area contributed by atoms with Crippen LogP contribution in [0.3, 0.4) is 0 Å². The number of hydrogen-bond donors (Lipinski definition) is 1. The first-order valence-corrected chi connectivity index (χ1v) is 10.8. The largest absolute Gasteiger partial charge is 0.330 e. The number of imidazole rings is 1.